The Hall–Kier alpha value is -2.12. The highest BCUT2D eigenvalue weighted by Gasteiger charge is 2.25. The lowest BCUT2D eigenvalue weighted by Gasteiger charge is -2.32. The van der Waals surface area contributed by atoms with Crippen molar-refractivity contribution in [2.75, 3.05) is 39.9 Å². The van der Waals surface area contributed by atoms with E-state index in [0.29, 0.717) is 38.2 Å². The molecule has 2 aliphatic heterocycles. The summed E-state index contributed by atoms with van der Waals surface area (Å²) >= 11 is 0. The molecule has 1 aromatic rings. The van der Waals surface area contributed by atoms with Crippen LogP contribution in [0.1, 0.15) is 36.0 Å². The predicted molar refractivity (Wildman–Crippen MR) is 102 cm³/mol. The summed E-state index contributed by atoms with van der Waals surface area (Å²) < 4.78 is 11.0. The van der Waals surface area contributed by atoms with Gasteiger partial charge in [0.25, 0.3) is 5.91 Å². The smallest absolute Gasteiger partial charge is 0.253 e. The Labute approximate surface area is 160 Å². The number of rotatable bonds is 6. The molecule has 2 saturated heterocycles. The normalized spacial score (nSPS) is 20.7. The SMILES string of the molecule is COCCC(=O)N1CCC(Oc2ccc(C(=O)N3CCC(N)C3)cc2)CC1. The Kier molecular flexibility index (Phi) is 6.68. The Balaban J connectivity index is 1.46. The van der Waals surface area contributed by atoms with Gasteiger partial charge in [0.2, 0.25) is 5.91 Å². The second kappa shape index (κ2) is 9.19. The largest absolute Gasteiger partial charge is 0.490 e. The molecular weight excluding hydrogens is 346 g/mol. The zero-order chi connectivity index (χ0) is 19.2. The first-order chi connectivity index (χ1) is 13.1. The molecule has 2 heterocycles. The van der Waals surface area contributed by atoms with E-state index in [0.717, 1.165) is 31.6 Å². The number of ether oxygens (including phenoxy) is 2. The van der Waals surface area contributed by atoms with Gasteiger partial charge >= 0.3 is 0 Å². The molecule has 0 aromatic heterocycles. The van der Waals surface area contributed by atoms with Crippen LogP contribution in [0.5, 0.6) is 5.75 Å². The number of carbonyl (C=O) groups excluding carboxylic acids is 2. The molecule has 0 radical (unpaired) electrons. The number of methoxy groups -OCH3 is 1. The zero-order valence-electron chi connectivity index (χ0n) is 15.9. The van der Waals surface area contributed by atoms with Gasteiger partial charge in [0.1, 0.15) is 11.9 Å². The van der Waals surface area contributed by atoms with Gasteiger partial charge in [-0.25, -0.2) is 0 Å². The van der Waals surface area contributed by atoms with Crippen molar-refractivity contribution in [1.82, 2.24) is 9.80 Å². The van der Waals surface area contributed by atoms with E-state index >= 15 is 0 Å². The highest BCUT2D eigenvalue weighted by atomic mass is 16.5. The Morgan fingerprint density at radius 3 is 2.33 bits per heavy atom. The van der Waals surface area contributed by atoms with Crippen molar-refractivity contribution < 1.29 is 19.1 Å². The number of nitrogens with zero attached hydrogens (tertiary/aromatic N) is 2. The highest BCUT2D eigenvalue weighted by Crippen LogP contribution is 2.21. The van der Waals surface area contributed by atoms with Crippen LogP contribution in [0.3, 0.4) is 0 Å². The molecule has 7 nitrogen and oxygen atoms in total. The van der Waals surface area contributed by atoms with Gasteiger partial charge < -0.3 is 25.0 Å². The van der Waals surface area contributed by atoms with E-state index in [4.69, 9.17) is 15.2 Å². The van der Waals surface area contributed by atoms with E-state index in [-0.39, 0.29) is 24.0 Å². The van der Waals surface area contributed by atoms with E-state index in [1.807, 2.05) is 29.2 Å². The first-order valence-electron chi connectivity index (χ1n) is 9.65. The minimum atomic E-state index is 0.0254. The molecule has 2 fully saturated rings. The predicted octanol–water partition coefficient (Wildman–Crippen LogP) is 1.27. The quantitative estimate of drug-likeness (QED) is 0.809. The molecule has 3 rings (SSSR count). The lowest BCUT2D eigenvalue weighted by molar-refractivity contribution is -0.133. The summed E-state index contributed by atoms with van der Waals surface area (Å²) in [6, 6.07) is 7.40. The van der Waals surface area contributed by atoms with E-state index in [1.165, 1.54) is 0 Å². The molecule has 2 N–H and O–H groups in total. The molecule has 7 heteroatoms. The molecule has 0 aliphatic carbocycles. The van der Waals surface area contributed by atoms with Gasteiger partial charge in [-0.15, -0.1) is 0 Å². The molecule has 2 aliphatic rings. The fraction of sp³-hybridized carbons (Fsp3) is 0.600. The molecule has 148 valence electrons. The van der Waals surface area contributed by atoms with Crippen LogP contribution < -0.4 is 10.5 Å². The number of amides is 2. The summed E-state index contributed by atoms with van der Waals surface area (Å²) in [5, 5.41) is 0. The third-order valence-electron chi connectivity index (χ3n) is 5.23. The van der Waals surface area contributed by atoms with Crippen LogP contribution in [0.25, 0.3) is 0 Å². The van der Waals surface area contributed by atoms with E-state index in [9.17, 15) is 9.59 Å². The van der Waals surface area contributed by atoms with Crippen LogP contribution in [-0.2, 0) is 9.53 Å². The lowest BCUT2D eigenvalue weighted by Crippen LogP contribution is -2.42. The number of likely N-dealkylation sites (tertiary alicyclic amines) is 2. The zero-order valence-corrected chi connectivity index (χ0v) is 15.9. The fourth-order valence-corrected chi connectivity index (χ4v) is 3.59. The number of carbonyl (C=O) groups is 2. The summed E-state index contributed by atoms with van der Waals surface area (Å²) in [5.74, 6) is 0.922. The van der Waals surface area contributed by atoms with Gasteiger partial charge in [-0.1, -0.05) is 0 Å². The maximum absolute atomic E-state index is 12.5. The number of hydrogen-bond donors (Lipinski definition) is 1. The van der Waals surface area contributed by atoms with Crippen LogP contribution in [0.2, 0.25) is 0 Å². The van der Waals surface area contributed by atoms with Crippen molar-refractivity contribution in [3.05, 3.63) is 29.8 Å². The van der Waals surface area contributed by atoms with Crippen LogP contribution in [0.4, 0.5) is 0 Å². The highest BCUT2D eigenvalue weighted by molar-refractivity contribution is 5.94. The third-order valence-corrected chi connectivity index (χ3v) is 5.23. The Bertz CT molecular complexity index is 641. The topological polar surface area (TPSA) is 85.1 Å². The average molecular weight is 375 g/mol. The standard InChI is InChI=1S/C20H29N3O4/c1-26-13-9-19(24)22-11-7-18(8-12-22)27-17-4-2-15(3-5-17)20(25)23-10-6-16(21)14-23/h2-5,16,18H,6-14,21H2,1H3. The molecule has 1 unspecified atom stereocenters. The summed E-state index contributed by atoms with van der Waals surface area (Å²) in [5.41, 5.74) is 6.54. The first kappa shape index (κ1) is 19.6. The van der Waals surface area contributed by atoms with Gasteiger partial charge in [0.15, 0.2) is 0 Å². The van der Waals surface area contributed by atoms with Gasteiger partial charge in [-0.05, 0) is 30.7 Å². The van der Waals surface area contributed by atoms with Crippen molar-refractivity contribution in [3.63, 3.8) is 0 Å². The fourth-order valence-electron chi connectivity index (χ4n) is 3.59. The Morgan fingerprint density at radius 1 is 1.07 bits per heavy atom. The minimum absolute atomic E-state index is 0.0254. The number of hydrogen-bond acceptors (Lipinski definition) is 5. The molecule has 1 atom stereocenters. The number of piperidine rings is 1. The number of nitrogens with two attached hydrogens (primary N) is 1. The number of benzene rings is 1. The molecule has 1 aromatic carbocycles. The summed E-state index contributed by atoms with van der Waals surface area (Å²) in [6.45, 7) is 3.22. The van der Waals surface area contributed by atoms with Crippen LogP contribution >= 0.6 is 0 Å². The van der Waals surface area contributed by atoms with Crippen molar-refractivity contribution in [2.45, 2.75) is 37.8 Å². The van der Waals surface area contributed by atoms with Gasteiger partial charge in [-0.2, -0.15) is 0 Å². The van der Waals surface area contributed by atoms with E-state index in [1.54, 1.807) is 12.0 Å². The van der Waals surface area contributed by atoms with Crippen LogP contribution in [-0.4, -0.2) is 73.7 Å². The minimum Gasteiger partial charge on any atom is -0.490 e. The van der Waals surface area contributed by atoms with E-state index < -0.39 is 0 Å². The second-order valence-corrected chi connectivity index (χ2v) is 7.27. The van der Waals surface area contributed by atoms with Crippen molar-refractivity contribution in [3.8, 4) is 5.75 Å². The molecule has 0 bridgehead atoms. The lowest BCUT2D eigenvalue weighted by atomic mass is 10.1. The summed E-state index contributed by atoms with van der Waals surface area (Å²) in [7, 11) is 1.60. The average Bonchev–Trinajstić information content (AvgIpc) is 3.13. The van der Waals surface area contributed by atoms with Crippen LogP contribution in [0.15, 0.2) is 24.3 Å². The summed E-state index contributed by atoms with van der Waals surface area (Å²) in [6.07, 6.45) is 3.00. The van der Waals surface area contributed by atoms with Crippen molar-refractivity contribution in [1.29, 1.82) is 0 Å². The van der Waals surface area contributed by atoms with Gasteiger partial charge in [-0.3, -0.25) is 9.59 Å². The third kappa shape index (κ3) is 5.20. The molecule has 0 saturated carbocycles. The molecule has 2 amide bonds. The molecule has 0 spiro atoms. The van der Waals surface area contributed by atoms with Gasteiger partial charge in [0.05, 0.1) is 13.0 Å². The molecule has 27 heavy (non-hydrogen) atoms. The maximum atomic E-state index is 12.5. The van der Waals surface area contributed by atoms with E-state index in [2.05, 4.69) is 0 Å². The first-order valence-corrected chi connectivity index (χ1v) is 9.65. The van der Waals surface area contributed by atoms with Gasteiger partial charge in [0, 0.05) is 57.7 Å². The monoisotopic (exact) mass is 375 g/mol. The van der Waals surface area contributed by atoms with Crippen molar-refractivity contribution in [2.24, 2.45) is 5.73 Å². The summed E-state index contributed by atoms with van der Waals surface area (Å²) in [4.78, 5) is 28.1. The maximum Gasteiger partial charge on any atom is 0.253 e. The Morgan fingerprint density at radius 2 is 1.74 bits per heavy atom. The van der Waals surface area contributed by atoms with Crippen molar-refractivity contribution >= 4 is 11.8 Å². The second-order valence-electron chi connectivity index (χ2n) is 7.27. The van der Waals surface area contributed by atoms with Crippen LogP contribution in [0, 0.1) is 0 Å². The molecular formula is C20H29N3O4.